The number of carbonyl (C=O) groups excluding carboxylic acids is 2. The Morgan fingerprint density at radius 1 is 0.970 bits per heavy atom. The Balaban J connectivity index is 1.56. The lowest BCUT2D eigenvalue weighted by molar-refractivity contribution is 0.0318. The van der Waals surface area contributed by atoms with Crippen LogP contribution in [0, 0.1) is 6.92 Å². The molecule has 0 saturated heterocycles. The van der Waals surface area contributed by atoms with Gasteiger partial charge in [-0.1, -0.05) is 54.1 Å². The van der Waals surface area contributed by atoms with Crippen LogP contribution >= 0.6 is 0 Å². The lowest BCUT2D eigenvalue weighted by Crippen LogP contribution is -2.35. The van der Waals surface area contributed by atoms with Crippen molar-refractivity contribution in [3.63, 3.8) is 0 Å². The number of fused-ring (bicyclic) bond motifs is 1. The van der Waals surface area contributed by atoms with Crippen molar-refractivity contribution in [2.24, 2.45) is 0 Å². The summed E-state index contributed by atoms with van der Waals surface area (Å²) in [6.45, 7) is 5.28. The highest BCUT2D eigenvalue weighted by molar-refractivity contribution is 7.92. The summed E-state index contributed by atoms with van der Waals surface area (Å²) in [6, 6.07) is 19.9. The maximum atomic E-state index is 13.4. The Labute approximate surface area is 193 Å². The number of ether oxygens (including phenoxy) is 1. The maximum Gasteiger partial charge on any atom is 0.338 e. The molecule has 6 nitrogen and oxygen atoms in total. The second kappa shape index (κ2) is 8.83. The van der Waals surface area contributed by atoms with Crippen LogP contribution in [-0.2, 0) is 21.2 Å². The topological polar surface area (TPSA) is 80.8 Å². The van der Waals surface area contributed by atoms with E-state index in [1.54, 1.807) is 24.3 Å². The molecule has 33 heavy (non-hydrogen) atoms. The van der Waals surface area contributed by atoms with Crippen molar-refractivity contribution in [2.75, 3.05) is 4.31 Å². The van der Waals surface area contributed by atoms with Gasteiger partial charge in [-0.05, 0) is 57.0 Å². The Morgan fingerprint density at radius 2 is 1.67 bits per heavy atom. The molecule has 0 unspecified atom stereocenters. The van der Waals surface area contributed by atoms with Crippen LogP contribution in [0.3, 0.4) is 0 Å². The summed E-state index contributed by atoms with van der Waals surface area (Å²) in [6.07, 6.45) is -0.388. The fourth-order valence-electron chi connectivity index (χ4n) is 4.04. The van der Waals surface area contributed by atoms with E-state index >= 15 is 0 Å². The molecule has 0 amide bonds. The van der Waals surface area contributed by atoms with Gasteiger partial charge in [0.05, 0.1) is 16.1 Å². The highest BCUT2D eigenvalue weighted by atomic mass is 32.2. The van der Waals surface area contributed by atoms with Gasteiger partial charge in [-0.25, -0.2) is 13.2 Å². The summed E-state index contributed by atoms with van der Waals surface area (Å²) in [4.78, 5) is 25.3. The van der Waals surface area contributed by atoms with Gasteiger partial charge in [0.2, 0.25) is 5.78 Å². The van der Waals surface area contributed by atoms with E-state index in [1.807, 2.05) is 38.1 Å². The fourth-order valence-corrected chi connectivity index (χ4v) is 5.77. The highest BCUT2D eigenvalue weighted by Gasteiger charge is 2.36. The van der Waals surface area contributed by atoms with E-state index in [4.69, 9.17) is 4.74 Å². The molecule has 0 bridgehead atoms. The van der Waals surface area contributed by atoms with E-state index in [2.05, 4.69) is 0 Å². The van der Waals surface area contributed by atoms with Crippen molar-refractivity contribution in [3.8, 4) is 0 Å². The second-order valence-electron chi connectivity index (χ2n) is 8.29. The van der Waals surface area contributed by atoms with E-state index in [-0.39, 0.29) is 22.3 Å². The number of sulfonamides is 1. The largest absolute Gasteiger partial charge is 0.451 e. The molecule has 2 atom stereocenters. The highest BCUT2D eigenvalue weighted by Crippen LogP contribution is 2.36. The van der Waals surface area contributed by atoms with Crippen LogP contribution in [0.5, 0.6) is 0 Å². The maximum absolute atomic E-state index is 13.4. The van der Waals surface area contributed by atoms with E-state index < -0.39 is 22.1 Å². The molecule has 1 aliphatic rings. The van der Waals surface area contributed by atoms with Gasteiger partial charge < -0.3 is 4.74 Å². The quantitative estimate of drug-likeness (QED) is 0.395. The molecule has 7 heteroatoms. The smallest absolute Gasteiger partial charge is 0.338 e. The SMILES string of the molecule is Cc1ccc(C(=O)[C@H](C)OC(=O)c2cccc(S(=O)(=O)N3c4ccccc4C[C@@H]3C)c2)cc1. The van der Waals surface area contributed by atoms with Crippen LogP contribution in [0.1, 0.15) is 45.7 Å². The Hall–Kier alpha value is -3.45. The third-order valence-corrected chi connectivity index (χ3v) is 7.68. The van der Waals surface area contributed by atoms with Crippen LogP contribution in [0.15, 0.2) is 77.7 Å². The number of hydrogen-bond donors (Lipinski definition) is 0. The number of ketones is 1. The van der Waals surface area contributed by atoms with Gasteiger partial charge in [0.25, 0.3) is 10.0 Å². The minimum absolute atomic E-state index is 0.00184. The molecule has 3 aromatic rings. The number of esters is 1. The molecule has 0 aliphatic carbocycles. The predicted octanol–water partition coefficient (Wildman–Crippen LogP) is 4.56. The van der Waals surface area contributed by atoms with Gasteiger partial charge in [-0.15, -0.1) is 0 Å². The molecule has 0 N–H and O–H groups in total. The lowest BCUT2D eigenvalue weighted by Gasteiger charge is -2.24. The van der Waals surface area contributed by atoms with Crippen molar-refractivity contribution in [2.45, 2.75) is 44.2 Å². The van der Waals surface area contributed by atoms with Crippen molar-refractivity contribution >= 4 is 27.5 Å². The third-order valence-electron chi connectivity index (χ3n) is 5.76. The molecule has 1 heterocycles. The van der Waals surface area contributed by atoms with Crippen molar-refractivity contribution in [3.05, 3.63) is 95.1 Å². The minimum atomic E-state index is -3.89. The summed E-state index contributed by atoms with van der Waals surface area (Å²) < 4.78 is 33.6. The molecule has 3 aromatic carbocycles. The molecule has 0 fully saturated rings. The van der Waals surface area contributed by atoms with Gasteiger partial charge in [0, 0.05) is 11.6 Å². The van der Waals surface area contributed by atoms with Gasteiger partial charge in [-0.3, -0.25) is 9.10 Å². The van der Waals surface area contributed by atoms with Gasteiger partial charge in [0.1, 0.15) is 0 Å². The Bertz CT molecular complexity index is 1310. The predicted molar refractivity (Wildman–Crippen MR) is 126 cm³/mol. The normalized spacial score (nSPS) is 16.2. The average molecular weight is 464 g/mol. The second-order valence-corrected chi connectivity index (χ2v) is 10.1. The van der Waals surface area contributed by atoms with Crippen LogP contribution in [0.2, 0.25) is 0 Å². The molecule has 0 saturated carbocycles. The first kappa shape index (κ1) is 22.7. The third kappa shape index (κ3) is 4.41. The molecule has 1 aliphatic heterocycles. The Kier molecular flexibility index (Phi) is 6.08. The summed E-state index contributed by atoms with van der Waals surface area (Å²) in [5.74, 6) is -1.08. The summed E-state index contributed by atoms with van der Waals surface area (Å²) in [5, 5.41) is 0. The molecule has 170 valence electrons. The first-order valence-corrected chi connectivity index (χ1v) is 12.2. The van der Waals surface area contributed by atoms with E-state index in [1.165, 1.54) is 35.5 Å². The van der Waals surface area contributed by atoms with Crippen molar-refractivity contribution in [1.29, 1.82) is 0 Å². The first-order valence-electron chi connectivity index (χ1n) is 10.7. The molecule has 0 spiro atoms. The zero-order chi connectivity index (χ0) is 23.8. The molecular formula is C26H25NO5S. The van der Waals surface area contributed by atoms with Crippen LogP contribution in [0.4, 0.5) is 5.69 Å². The Morgan fingerprint density at radius 3 is 2.39 bits per heavy atom. The number of hydrogen-bond acceptors (Lipinski definition) is 5. The molecular weight excluding hydrogens is 438 g/mol. The first-order chi connectivity index (χ1) is 15.7. The van der Waals surface area contributed by atoms with Crippen LogP contribution in [0.25, 0.3) is 0 Å². The number of benzene rings is 3. The van der Waals surface area contributed by atoms with E-state index in [9.17, 15) is 18.0 Å². The summed E-state index contributed by atoms with van der Waals surface area (Å²) in [7, 11) is -3.89. The summed E-state index contributed by atoms with van der Waals surface area (Å²) in [5.41, 5.74) is 3.14. The number of anilines is 1. The van der Waals surface area contributed by atoms with Crippen LogP contribution < -0.4 is 4.31 Å². The van der Waals surface area contributed by atoms with E-state index in [0.29, 0.717) is 17.7 Å². The van der Waals surface area contributed by atoms with Crippen LogP contribution in [-0.4, -0.2) is 32.3 Å². The number of rotatable bonds is 6. The number of aryl methyl sites for hydroxylation is 1. The lowest BCUT2D eigenvalue weighted by atomic mass is 10.1. The number of Topliss-reactive ketones (excluding diaryl/α,β-unsaturated/α-hetero) is 1. The zero-order valence-corrected chi connectivity index (χ0v) is 19.5. The molecule has 0 aromatic heterocycles. The van der Waals surface area contributed by atoms with Gasteiger partial charge in [-0.2, -0.15) is 0 Å². The zero-order valence-electron chi connectivity index (χ0n) is 18.7. The van der Waals surface area contributed by atoms with Gasteiger partial charge >= 0.3 is 5.97 Å². The number of nitrogens with zero attached hydrogens (tertiary/aromatic N) is 1. The van der Waals surface area contributed by atoms with Crippen molar-refractivity contribution in [1.82, 2.24) is 0 Å². The van der Waals surface area contributed by atoms with Gasteiger partial charge in [0.15, 0.2) is 6.10 Å². The summed E-state index contributed by atoms with van der Waals surface area (Å²) >= 11 is 0. The monoisotopic (exact) mass is 463 g/mol. The fraction of sp³-hybridized carbons (Fsp3) is 0.231. The average Bonchev–Trinajstić information content (AvgIpc) is 3.15. The standard InChI is InChI=1S/C26H25NO5S/c1-17-11-13-20(14-12-17)25(28)19(3)32-26(29)22-8-6-9-23(16-22)33(30,31)27-18(2)15-21-7-4-5-10-24(21)27/h4-14,16,18-19H,15H2,1-3H3/t18-,19-/m0/s1. The van der Waals surface area contributed by atoms with E-state index in [0.717, 1.165) is 11.1 Å². The van der Waals surface area contributed by atoms with Crippen molar-refractivity contribution < 1.29 is 22.7 Å². The molecule has 0 radical (unpaired) electrons. The number of carbonyl (C=O) groups is 2. The molecule has 4 rings (SSSR count). The number of para-hydroxylation sites is 1. The minimum Gasteiger partial charge on any atom is -0.451 e.